The Hall–Kier alpha value is -2.02. The molecule has 1 heterocycles. The summed E-state index contributed by atoms with van der Waals surface area (Å²) in [4.78, 5) is 25.5. The van der Waals surface area contributed by atoms with Crippen molar-refractivity contribution in [2.75, 3.05) is 13.7 Å². The zero-order valence-electron chi connectivity index (χ0n) is 9.01. The number of amides is 1. The molecular formula is C10H11FN2O4. The monoisotopic (exact) mass is 242 g/mol. The molecule has 1 atom stereocenters. The first-order valence-corrected chi connectivity index (χ1v) is 4.71. The van der Waals surface area contributed by atoms with Crippen LogP contribution < -0.4 is 5.32 Å². The maximum Gasteiger partial charge on any atom is 0.336 e. The van der Waals surface area contributed by atoms with Gasteiger partial charge in [-0.1, -0.05) is 0 Å². The van der Waals surface area contributed by atoms with E-state index < -0.39 is 23.9 Å². The van der Waals surface area contributed by atoms with Crippen LogP contribution in [0.5, 0.6) is 0 Å². The van der Waals surface area contributed by atoms with Gasteiger partial charge in [0.15, 0.2) is 6.10 Å². The van der Waals surface area contributed by atoms with Crippen LogP contribution in [-0.2, 0) is 9.53 Å². The lowest BCUT2D eigenvalue weighted by atomic mass is 10.2. The average molecular weight is 242 g/mol. The minimum absolute atomic E-state index is 0.260. The van der Waals surface area contributed by atoms with E-state index in [1.54, 1.807) is 0 Å². The first kappa shape index (κ1) is 13.0. The third-order valence-corrected chi connectivity index (χ3v) is 1.93. The summed E-state index contributed by atoms with van der Waals surface area (Å²) in [6, 6.07) is 2.64. The number of halogens is 1. The van der Waals surface area contributed by atoms with Crippen LogP contribution in [-0.4, -0.2) is 41.7 Å². The Labute approximate surface area is 96.4 Å². The molecule has 0 spiro atoms. The van der Waals surface area contributed by atoms with Crippen molar-refractivity contribution < 1.29 is 23.8 Å². The molecule has 0 fully saturated rings. The molecule has 0 radical (unpaired) electrons. The number of nitrogens with zero attached hydrogens (tertiary/aromatic N) is 1. The summed E-state index contributed by atoms with van der Waals surface area (Å²) in [5.41, 5.74) is -0.260. The highest BCUT2D eigenvalue weighted by atomic mass is 19.1. The van der Waals surface area contributed by atoms with Gasteiger partial charge in [-0.25, -0.2) is 9.78 Å². The predicted octanol–water partition coefficient (Wildman–Crippen LogP) is -0.516. The predicted molar refractivity (Wildman–Crippen MR) is 54.6 cm³/mol. The van der Waals surface area contributed by atoms with Crippen molar-refractivity contribution in [1.82, 2.24) is 10.3 Å². The van der Waals surface area contributed by atoms with Crippen molar-refractivity contribution in [2.24, 2.45) is 0 Å². The maximum atomic E-state index is 13.1. The molecule has 0 bridgehead atoms. The largest absolute Gasteiger partial charge is 0.467 e. The summed E-state index contributed by atoms with van der Waals surface area (Å²) in [5.74, 6) is -2.56. The van der Waals surface area contributed by atoms with Crippen molar-refractivity contribution in [2.45, 2.75) is 6.10 Å². The fourth-order valence-corrected chi connectivity index (χ4v) is 1.06. The van der Waals surface area contributed by atoms with Gasteiger partial charge in [0.1, 0.15) is 0 Å². The van der Waals surface area contributed by atoms with E-state index in [1.807, 2.05) is 0 Å². The van der Waals surface area contributed by atoms with Crippen molar-refractivity contribution in [3.05, 3.63) is 29.8 Å². The molecule has 2 N–H and O–H groups in total. The van der Waals surface area contributed by atoms with Crippen LogP contribution in [0.4, 0.5) is 4.39 Å². The number of rotatable bonds is 4. The Kier molecular flexibility index (Phi) is 4.53. The number of aliphatic hydroxyl groups is 1. The lowest BCUT2D eigenvalue weighted by Gasteiger charge is -2.09. The zero-order chi connectivity index (χ0) is 12.8. The quantitative estimate of drug-likeness (QED) is 0.548. The summed E-state index contributed by atoms with van der Waals surface area (Å²) in [7, 11) is 1.11. The standard InChI is InChI=1S/C10H11FN2O4/c1-17-10(16)7(14)5-13-9(15)6-3-2-4-12-8(6)11/h2-4,7,14H,5H2,1H3,(H,13,15). The molecule has 1 aromatic rings. The van der Waals surface area contributed by atoms with E-state index in [0.29, 0.717) is 0 Å². The van der Waals surface area contributed by atoms with E-state index in [2.05, 4.69) is 15.0 Å². The van der Waals surface area contributed by atoms with Crippen LogP contribution in [0.25, 0.3) is 0 Å². The lowest BCUT2D eigenvalue weighted by molar-refractivity contribution is -0.149. The SMILES string of the molecule is COC(=O)C(O)CNC(=O)c1cccnc1F. The Morgan fingerprint density at radius 3 is 2.94 bits per heavy atom. The average Bonchev–Trinajstić information content (AvgIpc) is 2.35. The Balaban J connectivity index is 2.57. The smallest absolute Gasteiger partial charge is 0.336 e. The van der Waals surface area contributed by atoms with Crippen LogP contribution in [0.1, 0.15) is 10.4 Å². The molecule has 17 heavy (non-hydrogen) atoms. The molecule has 1 rings (SSSR count). The molecule has 92 valence electrons. The molecule has 6 nitrogen and oxygen atoms in total. The number of hydrogen-bond acceptors (Lipinski definition) is 5. The van der Waals surface area contributed by atoms with Crippen LogP contribution >= 0.6 is 0 Å². The van der Waals surface area contributed by atoms with E-state index in [-0.39, 0.29) is 12.1 Å². The van der Waals surface area contributed by atoms with Crippen molar-refractivity contribution in [3.8, 4) is 0 Å². The number of nitrogens with one attached hydrogen (secondary N) is 1. The third kappa shape index (κ3) is 3.49. The second kappa shape index (κ2) is 5.90. The minimum atomic E-state index is -1.48. The molecular weight excluding hydrogens is 231 g/mol. The second-order valence-electron chi connectivity index (χ2n) is 3.09. The van der Waals surface area contributed by atoms with E-state index in [4.69, 9.17) is 0 Å². The van der Waals surface area contributed by atoms with Gasteiger partial charge in [-0.05, 0) is 12.1 Å². The molecule has 0 aromatic carbocycles. The van der Waals surface area contributed by atoms with Gasteiger partial charge in [0.2, 0.25) is 5.95 Å². The molecule has 1 amide bonds. The highest BCUT2D eigenvalue weighted by molar-refractivity contribution is 5.94. The van der Waals surface area contributed by atoms with E-state index in [1.165, 1.54) is 18.3 Å². The molecule has 1 unspecified atom stereocenters. The lowest BCUT2D eigenvalue weighted by Crippen LogP contribution is -2.37. The highest BCUT2D eigenvalue weighted by Crippen LogP contribution is 2.02. The minimum Gasteiger partial charge on any atom is -0.467 e. The molecule has 0 aliphatic heterocycles. The molecule has 0 saturated carbocycles. The molecule has 1 aromatic heterocycles. The van der Waals surface area contributed by atoms with Crippen molar-refractivity contribution >= 4 is 11.9 Å². The van der Waals surface area contributed by atoms with Gasteiger partial charge in [-0.3, -0.25) is 4.79 Å². The van der Waals surface area contributed by atoms with Crippen molar-refractivity contribution in [3.63, 3.8) is 0 Å². The van der Waals surface area contributed by atoms with Crippen molar-refractivity contribution in [1.29, 1.82) is 0 Å². The van der Waals surface area contributed by atoms with Crippen LogP contribution in [0.15, 0.2) is 18.3 Å². The normalized spacial score (nSPS) is 11.7. The topological polar surface area (TPSA) is 88.5 Å². The summed E-state index contributed by atoms with van der Waals surface area (Å²) in [6.07, 6.45) is -0.279. The third-order valence-electron chi connectivity index (χ3n) is 1.93. The molecule has 0 saturated heterocycles. The van der Waals surface area contributed by atoms with Gasteiger partial charge in [-0.15, -0.1) is 0 Å². The second-order valence-corrected chi connectivity index (χ2v) is 3.09. The maximum absolute atomic E-state index is 13.1. The molecule has 0 aliphatic carbocycles. The first-order valence-electron chi connectivity index (χ1n) is 4.71. The number of methoxy groups -OCH3 is 1. The van der Waals surface area contributed by atoms with E-state index >= 15 is 0 Å². The Bertz CT molecular complexity index is 425. The van der Waals surface area contributed by atoms with Crippen LogP contribution in [0.2, 0.25) is 0 Å². The number of hydrogen-bond donors (Lipinski definition) is 2. The van der Waals surface area contributed by atoms with Gasteiger partial charge >= 0.3 is 5.97 Å². The number of carbonyl (C=O) groups is 2. The fourth-order valence-electron chi connectivity index (χ4n) is 1.06. The summed E-state index contributed by atoms with van der Waals surface area (Å²) in [5, 5.41) is 11.4. The Morgan fingerprint density at radius 2 is 2.35 bits per heavy atom. The van der Waals surface area contributed by atoms with E-state index in [9.17, 15) is 19.1 Å². The summed E-state index contributed by atoms with van der Waals surface area (Å²) < 4.78 is 17.3. The number of carbonyl (C=O) groups excluding carboxylic acids is 2. The highest BCUT2D eigenvalue weighted by Gasteiger charge is 2.18. The Morgan fingerprint density at radius 1 is 1.65 bits per heavy atom. The summed E-state index contributed by atoms with van der Waals surface area (Å²) >= 11 is 0. The van der Waals surface area contributed by atoms with Gasteiger partial charge in [0, 0.05) is 6.20 Å². The van der Waals surface area contributed by atoms with Gasteiger partial charge < -0.3 is 15.2 Å². The molecule has 0 aliphatic rings. The number of aromatic nitrogens is 1. The number of esters is 1. The summed E-state index contributed by atoms with van der Waals surface area (Å²) in [6.45, 7) is -0.361. The van der Waals surface area contributed by atoms with Crippen LogP contribution in [0, 0.1) is 5.95 Å². The molecule has 7 heteroatoms. The zero-order valence-corrected chi connectivity index (χ0v) is 9.01. The van der Waals surface area contributed by atoms with Gasteiger partial charge in [-0.2, -0.15) is 4.39 Å². The van der Waals surface area contributed by atoms with E-state index in [0.717, 1.165) is 7.11 Å². The number of ether oxygens (including phenoxy) is 1. The van der Waals surface area contributed by atoms with Gasteiger partial charge in [0.25, 0.3) is 5.91 Å². The van der Waals surface area contributed by atoms with Gasteiger partial charge in [0.05, 0.1) is 19.2 Å². The fraction of sp³-hybridized carbons (Fsp3) is 0.300. The first-order chi connectivity index (χ1) is 8.06. The number of pyridine rings is 1. The number of aliphatic hydroxyl groups excluding tert-OH is 1. The van der Waals surface area contributed by atoms with Crippen LogP contribution in [0.3, 0.4) is 0 Å².